The highest BCUT2D eigenvalue weighted by atomic mass is 16.6. The minimum Gasteiger partial charge on any atom is -0.490 e. The molecule has 3 heteroatoms. The molecule has 1 saturated heterocycles. The zero-order valence-electron chi connectivity index (χ0n) is 12.9. The van der Waals surface area contributed by atoms with E-state index in [9.17, 15) is 0 Å². The van der Waals surface area contributed by atoms with Crippen LogP contribution in [0.2, 0.25) is 0 Å². The van der Waals surface area contributed by atoms with Crippen LogP contribution < -0.4 is 9.47 Å². The van der Waals surface area contributed by atoms with Gasteiger partial charge in [0.15, 0.2) is 11.5 Å². The number of hydrogen-bond acceptors (Lipinski definition) is 3. The summed E-state index contributed by atoms with van der Waals surface area (Å²) in [7, 11) is 0. The third-order valence-electron chi connectivity index (χ3n) is 3.49. The first-order chi connectivity index (χ1) is 9.74. The normalized spacial score (nSPS) is 20.8. The Kier molecular flexibility index (Phi) is 5.72. The molecular weight excluding hydrogens is 252 g/mol. The number of aryl methyl sites for hydroxylation is 1. The smallest absolute Gasteiger partial charge is 0.161 e. The predicted molar refractivity (Wildman–Crippen MR) is 80.7 cm³/mol. The number of benzene rings is 1. The summed E-state index contributed by atoms with van der Waals surface area (Å²) in [5.74, 6) is 1.74. The van der Waals surface area contributed by atoms with Gasteiger partial charge in [-0.2, -0.15) is 0 Å². The van der Waals surface area contributed by atoms with Crippen molar-refractivity contribution in [1.29, 1.82) is 0 Å². The summed E-state index contributed by atoms with van der Waals surface area (Å²) in [4.78, 5) is 0. The fraction of sp³-hybridized carbons (Fsp3) is 0.647. The minimum absolute atomic E-state index is 0.443. The van der Waals surface area contributed by atoms with Gasteiger partial charge in [-0.3, -0.25) is 0 Å². The molecule has 2 unspecified atom stereocenters. The van der Waals surface area contributed by atoms with E-state index in [2.05, 4.69) is 32.9 Å². The van der Waals surface area contributed by atoms with E-state index in [-0.39, 0.29) is 0 Å². The van der Waals surface area contributed by atoms with Crippen LogP contribution in [0, 0.1) is 0 Å². The first-order valence-electron chi connectivity index (χ1n) is 7.78. The van der Waals surface area contributed by atoms with Crippen molar-refractivity contribution in [1.82, 2.24) is 0 Å². The summed E-state index contributed by atoms with van der Waals surface area (Å²) >= 11 is 0. The fourth-order valence-electron chi connectivity index (χ4n) is 2.21. The minimum atomic E-state index is 0.443. The Labute approximate surface area is 122 Å². The maximum atomic E-state index is 5.81. The third-order valence-corrected chi connectivity index (χ3v) is 3.49. The molecule has 20 heavy (non-hydrogen) atoms. The lowest BCUT2D eigenvalue weighted by molar-refractivity contribution is 0.268. The van der Waals surface area contributed by atoms with Crippen LogP contribution in [-0.2, 0) is 11.2 Å². The van der Waals surface area contributed by atoms with Crippen molar-refractivity contribution >= 4 is 0 Å². The van der Waals surface area contributed by atoms with Crippen LogP contribution in [0.3, 0.4) is 0 Å². The van der Waals surface area contributed by atoms with Gasteiger partial charge in [0.25, 0.3) is 0 Å². The van der Waals surface area contributed by atoms with Crippen molar-refractivity contribution < 1.29 is 14.2 Å². The molecule has 2 atom stereocenters. The number of rotatable bonds is 9. The molecule has 1 fully saturated rings. The number of ether oxygens (including phenoxy) is 3. The molecule has 3 nitrogen and oxygen atoms in total. The summed E-state index contributed by atoms with van der Waals surface area (Å²) in [6.07, 6.45) is 5.02. The molecule has 1 aromatic carbocycles. The Hall–Kier alpha value is -1.22. The van der Waals surface area contributed by atoms with Crippen LogP contribution >= 0.6 is 0 Å². The third kappa shape index (κ3) is 4.41. The number of epoxide rings is 1. The van der Waals surface area contributed by atoms with E-state index in [1.807, 2.05) is 6.07 Å². The predicted octanol–water partition coefficient (Wildman–Crippen LogP) is 3.98. The Morgan fingerprint density at radius 2 is 1.70 bits per heavy atom. The molecule has 0 amide bonds. The van der Waals surface area contributed by atoms with Crippen molar-refractivity contribution in [3.63, 3.8) is 0 Å². The van der Waals surface area contributed by atoms with Gasteiger partial charge in [0.1, 0.15) is 0 Å². The van der Waals surface area contributed by atoms with Gasteiger partial charge in [0, 0.05) is 0 Å². The summed E-state index contributed by atoms with van der Waals surface area (Å²) in [5, 5.41) is 0. The second kappa shape index (κ2) is 7.53. The van der Waals surface area contributed by atoms with Crippen LogP contribution in [0.15, 0.2) is 18.2 Å². The lowest BCUT2D eigenvalue weighted by atomic mass is 10.1. The van der Waals surface area contributed by atoms with Crippen molar-refractivity contribution in [3.05, 3.63) is 23.8 Å². The standard InChI is InChI=1S/C17H26O3/c1-4-10-18-16-9-7-14(6-8-15-13(3)20-15)12-17(16)19-11-5-2/h7,9,12-13,15H,4-6,8,10-11H2,1-3H3. The van der Waals surface area contributed by atoms with Gasteiger partial charge < -0.3 is 14.2 Å². The maximum Gasteiger partial charge on any atom is 0.161 e. The van der Waals surface area contributed by atoms with Crippen molar-refractivity contribution in [2.24, 2.45) is 0 Å². The summed E-state index contributed by atoms with van der Waals surface area (Å²) < 4.78 is 17.0. The molecule has 0 aliphatic carbocycles. The first-order valence-corrected chi connectivity index (χ1v) is 7.78. The lowest BCUT2D eigenvalue weighted by Gasteiger charge is -2.13. The quantitative estimate of drug-likeness (QED) is 0.640. The molecule has 1 aliphatic heterocycles. The summed E-state index contributed by atoms with van der Waals surface area (Å²) in [6.45, 7) is 7.81. The van der Waals surface area contributed by atoms with Gasteiger partial charge in [0.05, 0.1) is 25.4 Å². The fourth-order valence-corrected chi connectivity index (χ4v) is 2.21. The monoisotopic (exact) mass is 278 g/mol. The second-order valence-electron chi connectivity index (χ2n) is 5.40. The lowest BCUT2D eigenvalue weighted by Crippen LogP contribution is -2.02. The zero-order chi connectivity index (χ0) is 14.4. The summed E-state index contributed by atoms with van der Waals surface area (Å²) in [5.41, 5.74) is 1.29. The molecule has 0 saturated carbocycles. The Morgan fingerprint density at radius 1 is 1.05 bits per heavy atom. The van der Waals surface area contributed by atoms with Crippen molar-refractivity contribution in [2.75, 3.05) is 13.2 Å². The van der Waals surface area contributed by atoms with Gasteiger partial charge in [-0.1, -0.05) is 19.9 Å². The molecule has 0 spiro atoms. The van der Waals surface area contributed by atoms with Crippen molar-refractivity contribution in [2.45, 2.75) is 58.7 Å². The molecule has 112 valence electrons. The van der Waals surface area contributed by atoms with Crippen LogP contribution in [0.4, 0.5) is 0 Å². The molecule has 0 radical (unpaired) electrons. The molecule has 0 bridgehead atoms. The molecule has 1 heterocycles. The maximum absolute atomic E-state index is 5.81. The van der Waals surface area contributed by atoms with Crippen LogP contribution in [0.25, 0.3) is 0 Å². The van der Waals surface area contributed by atoms with Gasteiger partial charge in [-0.25, -0.2) is 0 Å². The topological polar surface area (TPSA) is 31.0 Å². The molecule has 1 aliphatic rings. The first kappa shape index (κ1) is 15.2. The van der Waals surface area contributed by atoms with Gasteiger partial charge in [-0.15, -0.1) is 0 Å². The molecule has 0 aromatic heterocycles. The SMILES string of the molecule is CCCOc1ccc(CCC2OC2C)cc1OCCC. The van der Waals surface area contributed by atoms with E-state index in [0.29, 0.717) is 12.2 Å². The van der Waals surface area contributed by atoms with E-state index in [0.717, 1.165) is 50.4 Å². The highest BCUT2D eigenvalue weighted by Crippen LogP contribution is 2.31. The Balaban J connectivity index is 1.97. The Bertz CT molecular complexity index is 417. The van der Waals surface area contributed by atoms with Gasteiger partial charge >= 0.3 is 0 Å². The largest absolute Gasteiger partial charge is 0.490 e. The van der Waals surface area contributed by atoms with Crippen LogP contribution in [0.5, 0.6) is 11.5 Å². The van der Waals surface area contributed by atoms with Crippen molar-refractivity contribution in [3.8, 4) is 11.5 Å². The van der Waals surface area contributed by atoms with E-state index >= 15 is 0 Å². The average Bonchev–Trinajstić information content (AvgIpc) is 3.17. The zero-order valence-corrected chi connectivity index (χ0v) is 12.9. The van der Waals surface area contributed by atoms with Gasteiger partial charge in [0.2, 0.25) is 0 Å². The number of hydrogen-bond donors (Lipinski definition) is 0. The Morgan fingerprint density at radius 3 is 2.30 bits per heavy atom. The molecular formula is C17H26O3. The molecule has 2 rings (SSSR count). The van der Waals surface area contributed by atoms with Gasteiger partial charge in [-0.05, 0) is 50.3 Å². The van der Waals surface area contributed by atoms with E-state index in [1.54, 1.807) is 0 Å². The molecule has 1 aromatic rings. The van der Waals surface area contributed by atoms with Crippen LogP contribution in [0.1, 0.15) is 45.6 Å². The molecule has 0 N–H and O–H groups in total. The highest BCUT2D eigenvalue weighted by molar-refractivity contribution is 5.43. The van der Waals surface area contributed by atoms with E-state index in [4.69, 9.17) is 14.2 Å². The second-order valence-corrected chi connectivity index (χ2v) is 5.40. The van der Waals surface area contributed by atoms with Crippen LogP contribution in [-0.4, -0.2) is 25.4 Å². The highest BCUT2D eigenvalue weighted by Gasteiger charge is 2.33. The summed E-state index contributed by atoms with van der Waals surface area (Å²) in [6, 6.07) is 6.29. The van der Waals surface area contributed by atoms with E-state index < -0.39 is 0 Å². The average molecular weight is 278 g/mol. The van der Waals surface area contributed by atoms with E-state index in [1.165, 1.54) is 5.56 Å².